The molecule has 0 aliphatic heterocycles. The number of carbonyl (C=O) groups is 4. The number of aromatic hydroxyl groups is 1. The monoisotopic (exact) mass is 554 g/mol. The Balaban J connectivity index is 1.73. The molecule has 10 nitrogen and oxygen atoms in total. The van der Waals surface area contributed by atoms with Gasteiger partial charge in [0.2, 0.25) is 5.78 Å². The molecule has 40 heavy (non-hydrogen) atoms. The second-order valence-corrected chi connectivity index (χ2v) is 11.2. The molecule has 0 spiro atoms. The van der Waals surface area contributed by atoms with Gasteiger partial charge in [-0.2, -0.15) is 0 Å². The number of hydrogen-bond donors (Lipinski definition) is 4. The molecule has 0 bridgehead atoms. The van der Waals surface area contributed by atoms with Gasteiger partial charge in [0.25, 0.3) is 0 Å². The molecule has 1 aromatic carbocycles. The SMILES string of the molecule is CCCC(=O)O[C@H]1[C@H]2C(=C(O)c3c(O)cccc3[C@@H]2COC2CCCC2)C(=O)[C@]2(O)C(O)=C(C(C)=O)C(=O)C[C@H]12. The average molecular weight is 555 g/mol. The number of allylic oxidation sites excluding steroid dienone is 1. The summed E-state index contributed by atoms with van der Waals surface area (Å²) in [6, 6.07) is 4.61. The van der Waals surface area contributed by atoms with Crippen LogP contribution >= 0.6 is 0 Å². The van der Waals surface area contributed by atoms with Crippen LogP contribution in [0.5, 0.6) is 5.75 Å². The normalized spacial score (nSPS) is 30.2. The predicted molar refractivity (Wildman–Crippen MR) is 140 cm³/mol. The Morgan fingerprint density at radius 2 is 1.80 bits per heavy atom. The number of esters is 1. The third kappa shape index (κ3) is 4.25. The van der Waals surface area contributed by atoms with Gasteiger partial charge in [-0.1, -0.05) is 31.9 Å². The Morgan fingerprint density at radius 1 is 1.10 bits per heavy atom. The van der Waals surface area contributed by atoms with Crippen molar-refractivity contribution in [2.75, 3.05) is 6.61 Å². The maximum absolute atomic E-state index is 14.1. The van der Waals surface area contributed by atoms with Crippen LogP contribution in [0.2, 0.25) is 0 Å². The number of aliphatic hydroxyl groups excluding tert-OH is 2. The molecule has 2 saturated carbocycles. The number of hydrogen-bond acceptors (Lipinski definition) is 10. The maximum atomic E-state index is 14.1. The van der Waals surface area contributed by atoms with Crippen molar-refractivity contribution in [2.24, 2.45) is 11.8 Å². The number of rotatable bonds is 7. The van der Waals surface area contributed by atoms with Gasteiger partial charge in [-0.25, -0.2) is 0 Å². The molecule has 0 amide bonds. The van der Waals surface area contributed by atoms with Crippen molar-refractivity contribution in [1.82, 2.24) is 0 Å². The summed E-state index contributed by atoms with van der Waals surface area (Å²) in [5.41, 5.74) is -3.43. The molecule has 0 unspecified atom stereocenters. The van der Waals surface area contributed by atoms with Gasteiger partial charge in [-0.05, 0) is 37.8 Å². The van der Waals surface area contributed by atoms with Crippen LogP contribution in [-0.4, -0.2) is 68.2 Å². The third-order valence-corrected chi connectivity index (χ3v) is 8.78. The topological polar surface area (TPSA) is 168 Å². The largest absolute Gasteiger partial charge is 0.508 e. The van der Waals surface area contributed by atoms with Crippen molar-refractivity contribution in [1.29, 1.82) is 0 Å². The highest BCUT2D eigenvalue weighted by molar-refractivity contribution is 6.23. The van der Waals surface area contributed by atoms with E-state index in [4.69, 9.17) is 9.47 Å². The van der Waals surface area contributed by atoms with Gasteiger partial charge in [-0.15, -0.1) is 0 Å². The highest BCUT2D eigenvalue weighted by Gasteiger charge is 2.66. The Kier molecular flexibility index (Phi) is 7.35. The molecule has 214 valence electrons. The van der Waals surface area contributed by atoms with Crippen molar-refractivity contribution in [3.8, 4) is 5.75 Å². The van der Waals surface area contributed by atoms with E-state index < -0.39 is 76.3 Å². The molecule has 0 saturated heterocycles. The first-order valence-corrected chi connectivity index (χ1v) is 13.8. The van der Waals surface area contributed by atoms with Crippen molar-refractivity contribution in [3.05, 3.63) is 46.2 Å². The van der Waals surface area contributed by atoms with Crippen LogP contribution in [0.25, 0.3) is 5.76 Å². The Bertz CT molecular complexity index is 1330. The van der Waals surface area contributed by atoms with Crippen LogP contribution in [0, 0.1) is 11.8 Å². The zero-order valence-corrected chi connectivity index (χ0v) is 22.5. The molecule has 4 aliphatic carbocycles. The lowest BCUT2D eigenvalue weighted by molar-refractivity contribution is -0.179. The number of carbonyl (C=O) groups excluding carboxylic acids is 4. The van der Waals surface area contributed by atoms with Gasteiger partial charge in [-0.3, -0.25) is 19.2 Å². The highest BCUT2D eigenvalue weighted by Crippen LogP contribution is 2.56. The second-order valence-electron chi connectivity index (χ2n) is 11.2. The van der Waals surface area contributed by atoms with Gasteiger partial charge >= 0.3 is 5.97 Å². The number of Topliss-reactive ketones (excluding diaryl/α,β-unsaturated/α-hetero) is 3. The number of benzene rings is 1. The molecule has 5 atom stereocenters. The maximum Gasteiger partial charge on any atom is 0.306 e. The van der Waals surface area contributed by atoms with Crippen LogP contribution in [0.3, 0.4) is 0 Å². The summed E-state index contributed by atoms with van der Waals surface area (Å²) in [5.74, 6) is -8.64. The molecule has 5 rings (SSSR count). The summed E-state index contributed by atoms with van der Waals surface area (Å²) >= 11 is 0. The number of ether oxygens (including phenoxy) is 2. The van der Waals surface area contributed by atoms with Gasteiger partial charge < -0.3 is 29.9 Å². The van der Waals surface area contributed by atoms with Gasteiger partial charge in [0.15, 0.2) is 17.2 Å². The second kappa shape index (κ2) is 10.5. The van der Waals surface area contributed by atoms with E-state index in [1.54, 1.807) is 19.1 Å². The van der Waals surface area contributed by atoms with Crippen LogP contribution in [-0.2, 0) is 28.7 Å². The third-order valence-electron chi connectivity index (χ3n) is 8.78. The van der Waals surface area contributed by atoms with Crippen molar-refractivity contribution >= 4 is 29.1 Å². The summed E-state index contributed by atoms with van der Waals surface area (Å²) in [6.07, 6.45) is 2.29. The molecule has 4 aliphatic rings. The summed E-state index contributed by atoms with van der Waals surface area (Å²) in [5, 5.41) is 45.1. The van der Waals surface area contributed by atoms with E-state index in [1.165, 1.54) is 6.07 Å². The molecular weight excluding hydrogens is 520 g/mol. The van der Waals surface area contributed by atoms with E-state index in [2.05, 4.69) is 0 Å². The highest BCUT2D eigenvalue weighted by atomic mass is 16.5. The van der Waals surface area contributed by atoms with E-state index in [1.807, 2.05) is 0 Å². The number of fused-ring (bicyclic) bond motifs is 3. The quantitative estimate of drug-likeness (QED) is 0.290. The minimum Gasteiger partial charge on any atom is -0.508 e. The van der Waals surface area contributed by atoms with Gasteiger partial charge in [0, 0.05) is 36.2 Å². The fourth-order valence-electron chi connectivity index (χ4n) is 6.92. The lowest BCUT2D eigenvalue weighted by atomic mass is 9.55. The number of phenolic OH excluding ortho intramolecular Hbond substituents is 1. The minimum absolute atomic E-state index is 0.0163. The summed E-state index contributed by atoms with van der Waals surface area (Å²) in [4.78, 5) is 52.3. The fraction of sp³-hybridized carbons (Fsp3) is 0.533. The van der Waals surface area contributed by atoms with E-state index in [0.29, 0.717) is 12.0 Å². The van der Waals surface area contributed by atoms with Crippen molar-refractivity contribution in [2.45, 2.75) is 82.5 Å². The van der Waals surface area contributed by atoms with Crippen molar-refractivity contribution in [3.63, 3.8) is 0 Å². The van der Waals surface area contributed by atoms with E-state index >= 15 is 0 Å². The van der Waals surface area contributed by atoms with Gasteiger partial charge in [0.05, 0.1) is 18.3 Å². The summed E-state index contributed by atoms with van der Waals surface area (Å²) in [7, 11) is 0. The summed E-state index contributed by atoms with van der Waals surface area (Å²) < 4.78 is 12.1. The standard InChI is InChI=1S/C30H34O10/c1-3-7-21(34)40-27-18-12-20(33)22(14(2)31)28(36)30(18,38)29(37)25-24(27)17(13-39-15-8-4-5-9-15)16-10-6-11-19(32)23(16)26(25)35/h6,10-11,15,17-18,24,27,32,35-36,38H,3-5,7-9,12-13H2,1-2H3/t17-,18+,24+,27+,30+/m0/s1. The molecule has 10 heteroatoms. The first-order chi connectivity index (χ1) is 19.0. The van der Waals surface area contributed by atoms with E-state index in [9.17, 15) is 39.6 Å². The predicted octanol–water partition coefficient (Wildman–Crippen LogP) is 3.35. The summed E-state index contributed by atoms with van der Waals surface area (Å²) in [6.45, 7) is 2.86. The Hall–Kier alpha value is -3.50. The van der Waals surface area contributed by atoms with E-state index in [0.717, 1.165) is 32.6 Å². The lowest BCUT2D eigenvalue weighted by Crippen LogP contribution is -2.64. The molecule has 0 radical (unpaired) electrons. The first-order valence-electron chi connectivity index (χ1n) is 13.8. The van der Waals surface area contributed by atoms with Crippen LogP contribution in [0.1, 0.15) is 75.8 Å². The smallest absolute Gasteiger partial charge is 0.306 e. The first kappa shape index (κ1) is 28.0. The molecule has 0 aromatic heterocycles. The Labute approximate surface area is 231 Å². The molecule has 2 fully saturated rings. The van der Waals surface area contributed by atoms with E-state index in [-0.39, 0.29) is 36.0 Å². The fourth-order valence-corrected chi connectivity index (χ4v) is 6.92. The lowest BCUT2D eigenvalue weighted by Gasteiger charge is -2.52. The zero-order chi connectivity index (χ0) is 28.9. The molecule has 4 N–H and O–H groups in total. The number of aliphatic hydroxyl groups is 3. The Morgan fingerprint density at radius 3 is 2.45 bits per heavy atom. The average Bonchev–Trinajstić information content (AvgIpc) is 3.41. The zero-order valence-electron chi connectivity index (χ0n) is 22.5. The number of phenols is 1. The molecule has 0 heterocycles. The minimum atomic E-state index is -2.81. The number of ketones is 3. The van der Waals surface area contributed by atoms with Crippen molar-refractivity contribution < 1.29 is 49.1 Å². The van der Waals surface area contributed by atoms with Crippen LogP contribution in [0.15, 0.2) is 35.1 Å². The van der Waals surface area contributed by atoms with Crippen LogP contribution in [0.4, 0.5) is 0 Å². The molecule has 1 aromatic rings. The molecular formula is C30H34O10. The van der Waals surface area contributed by atoms with Gasteiger partial charge in [0.1, 0.15) is 28.9 Å². The van der Waals surface area contributed by atoms with Crippen LogP contribution < -0.4 is 0 Å².